The van der Waals surface area contributed by atoms with Crippen LogP contribution in [0.2, 0.25) is 0 Å². The Kier molecular flexibility index (Phi) is 5.62. The molecule has 0 spiro atoms. The Balaban J connectivity index is 2.67. The zero-order valence-electron chi connectivity index (χ0n) is 10.2. The van der Waals surface area contributed by atoms with Crippen LogP contribution in [0.25, 0.3) is 0 Å². The van der Waals surface area contributed by atoms with Gasteiger partial charge >= 0.3 is 6.18 Å². The van der Waals surface area contributed by atoms with Gasteiger partial charge in [0.1, 0.15) is 6.61 Å². The molecule has 0 saturated carbocycles. The third-order valence-corrected chi connectivity index (χ3v) is 1.99. The van der Waals surface area contributed by atoms with Crippen LogP contribution in [0.5, 0.6) is 11.5 Å². The zero-order chi connectivity index (χ0) is 14.3. The number of para-hydroxylation sites is 1. The van der Waals surface area contributed by atoms with Gasteiger partial charge in [-0.2, -0.15) is 13.2 Å². The highest BCUT2D eigenvalue weighted by molar-refractivity contribution is 5.81. The Morgan fingerprint density at radius 2 is 2.00 bits per heavy atom. The van der Waals surface area contributed by atoms with Crippen LogP contribution in [0.15, 0.2) is 18.2 Å². The summed E-state index contributed by atoms with van der Waals surface area (Å²) in [7, 11) is 0. The first-order valence-corrected chi connectivity index (χ1v) is 5.46. The second-order valence-corrected chi connectivity index (χ2v) is 3.45. The van der Waals surface area contributed by atoms with Gasteiger partial charge in [0.2, 0.25) is 0 Å². The molecule has 0 aliphatic rings. The fourth-order valence-corrected chi connectivity index (χ4v) is 1.31. The molecule has 0 unspecified atom stereocenters. The van der Waals surface area contributed by atoms with E-state index in [-0.39, 0.29) is 17.1 Å². The van der Waals surface area contributed by atoms with Crippen LogP contribution in [0, 0.1) is 0 Å². The van der Waals surface area contributed by atoms with E-state index in [0.29, 0.717) is 12.9 Å². The average Bonchev–Trinajstić information content (AvgIpc) is 2.35. The molecule has 1 rings (SSSR count). The molecule has 0 heterocycles. The Labute approximate surface area is 108 Å². The lowest BCUT2D eigenvalue weighted by molar-refractivity contribution is -0.186. The molecule has 0 atom stereocenters. The summed E-state index contributed by atoms with van der Waals surface area (Å²) in [5.74, 6) is 0.351. The normalized spacial score (nSPS) is 11.2. The monoisotopic (exact) mass is 278 g/mol. The molecular formula is C12H13F3O4. The highest BCUT2D eigenvalue weighted by Crippen LogP contribution is 2.30. The number of alkyl halides is 3. The molecule has 1 aromatic carbocycles. The Hall–Kier alpha value is -1.76. The quantitative estimate of drug-likeness (QED) is 0.437. The standard InChI is InChI=1S/C12H13F3O4/c1-2-18-10-5-3-4-9(6-16)11(10)19-8-17-7-12(13,14)15/h3-6H,2,7-8H2,1H3. The Bertz CT molecular complexity index is 418. The van der Waals surface area contributed by atoms with Crippen LogP contribution in [-0.4, -0.2) is 32.5 Å². The number of hydrogen-bond donors (Lipinski definition) is 0. The molecule has 0 amide bonds. The molecular weight excluding hydrogens is 265 g/mol. The molecule has 0 fully saturated rings. The predicted molar refractivity (Wildman–Crippen MR) is 60.5 cm³/mol. The van der Waals surface area contributed by atoms with Gasteiger partial charge in [0.25, 0.3) is 0 Å². The average molecular weight is 278 g/mol. The zero-order valence-corrected chi connectivity index (χ0v) is 10.2. The van der Waals surface area contributed by atoms with Crippen LogP contribution in [-0.2, 0) is 4.74 Å². The van der Waals surface area contributed by atoms with E-state index < -0.39 is 19.6 Å². The van der Waals surface area contributed by atoms with Crippen LogP contribution in [0.3, 0.4) is 0 Å². The van der Waals surface area contributed by atoms with E-state index in [2.05, 4.69) is 4.74 Å². The van der Waals surface area contributed by atoms with Crippen molar-refractivity contribution in [3.05, 3.63) is 23.8 Å². The number of benzene rings is 1. The Morgan fingerprint density at radius 3 is 2.58 bits per heavy atom. The van der Waals surface area contributed by atoms with Crippen LogP contribution >= 0.6 is 0 Å². The number of rotatable bonds is 7. The lowest BCUT2D eigenvalue weighted by atomic mass is 10.2. The fourth-order valence-electron chi connectivity index (χ4n) is 1.31. The highest BCUT2D eigenvalue weighted by Gasteiger charge is 2.27. The molecule has 0 aliphatic carbocycles. The number of aldehydes is 1. The largest absolute Gasteiger partial charge is 0.490 e. The van der Waals surface area contributed by atoms with Crippen molar-refractivity contribution < 1.29 is 32.2 Å². The van der Waals surface area contributed by atoms with Gasteiger partial charge in [-0.25, -0.2) is 0 Å². The van der Waals surface area contributed by atoms with Crippen molar-refractivity contribution in [2.75, 3.05) is 20.0 Å². The van der Waals surface area contributed by atoms with E-state index in [1.54, 1.807) is 19.1 Å². The molecule has 0 bridgehead atoms. The molecule has 7 heteroatoms. The summed E-state index contributed by atoms with van der Waals surface area (Å²) in [5.41, 5.74) is 0.182. The first kappa shape index (κ1) is 15.3. The number of hydrogen-bond acceptors (Lipinski definition) is 4. The van der Waals surface area contributed by atoms with Crippen molar-refractivity contribution in [3.63, 3.8) is 0 Å². The van der Waals surface area contributed by atoms with Crippen LogP contribution in [0.4, 0.5) is 13.2 Å². The van der Waals surface area contributed by atoms with E-state index in [1.165, 1.54) is 6.07 Å². The number of carbonyl (C=O) groups excluding carboxylic acids is 1. The van der Waals surface area contributed by atoms with E-state index in [4.69, 9.17) is 9.47 Å². The molecule has 0 N–H and O–H groups in total. The molecule has 106 valence electrons. The van der Waals surface area contributed by atoms with Crippen molar-refractivity contribution in [2.45, 2.75) is 13.1 Å². The van der Waals surface area contributed by atoms with Gasteiger partial charge < -0.3 is 14.2 Å². The van der Waals surface area contributed by atoms with E-state index in [0.717, 1.165) is 0 Å². The summed E-state index contributed by atoms with van der Waals surface area (Å²) >= 11 is 0. The number of carbonyl (C=O) groups is 1. The third-order valence-electron chi connectivity index (χ3n) is 1.99. The maximum atomic E-state index is 11.9. The maximum Gasteiger partial charge on any atom is 0.411 e. The van der Waals surface area contributed by atoms with Gasteiger partial charge in [0.15, 0.2) is 24.6 Å². The van der Waals surface area contributed by atoms with E-state index in [9.17, 15) is 18.0 Å². The maximum absolute atomic E-state index is 11.9. The molecule has 0 saturated heterocycles. The molecule has 4 nitrogen and oxygen atoms in total. The smallest absolute Gasteiger partial charge is 0.411 e. The van der Waals surface area contributed by atoms with Gasteiger partial charge in [-0.3, -0.25) is 4.79 Å². The summed E-state index contributed by atoms with van der Waals surface area (Å²) in [6.07, 6.45) is -3.89. The van der Waals surface area contributed by atoms with E-state index >= 15 is 0 Å². The summed E-state index contributed by atoms with van der Waals surface area (Å²) in [4.78, 5) is 10.8. The first-order valence-electron chi connectivity index (χ1n) is 5.46. The summed E-state index contributed by atoms with van der Waals surface area (Å²) in [6, 6.07) is 4.60. The molecule has 0 radical (unpaired) electrons. The van der Waals surface area contributed by atoms with Crippen molar-refractivity contribution in [1.82, 2.24) is 0 Å². The van der Waals surface area contributed by atoms with Crippen molar-refractivity contribution in [1.29, 1.82) is 0 Å². The minimum atomic E-state index is -4.42. The number of ether oxygens (including phenoxy) is 3. The van der Waals surface area contributed by atoms with E-state index in [1.807, 2.05) is 0 Å². The van der Waals surface area contributed by atoms with Gasteiger partial charge in [0, 0.05) is 0 Å². The SMILES string of the molecule is CCOc1cccc(C=O)c1OCOCC(F)(F)F. The summed E-state index contributed by atoms with van der Waals surface area (Å²) in [6.45, 7) is 0.0320. The van der Waals surface area contributed by atoms with Gasteiger partial charge in [0.05, 0.1) is 12.2 Å². The lowest BCUT2D eigenvalue weighted by Gasteiger charge is -2.14. The fraction of sp³-hybridized carbons (Fsp3) is 0.417. The topological polar surface area (TPSA) is 44.8 Å². The van der Waals surface area contributed by atoms with Gasteiger partial charge in [-0.15, -0.1) is 0 Å². The Morgan fingerprint density at radius 1 is 1.26 bits per heavy atom. The first-order chi connectivity index (χ1) is 8.98. The minimum absolute atomic E-state index is 0.0709. The molecule has 0 aliphatic heterocycles. The third kappa shape index (κ3) is 5.17. The lowest BCUT2D eigenvalue weighted by Crippen LogP contribution is -2.19. The molecule has 0 aromatic heterocycles. The summed E-state index contributed by atoms with van der Waals surface area (Å²) < 4.78 is 50.2. The second kappa shape index (κ2) is 6.98. The second-order valence-electron chi connectivity index (χ2n) is 3.45. The summed E-state index contributed by atoms with van der Waals surface area (Å²) in [5, 5.41) is 0. The van der Waals surface area contributed by atoms with Gasteiger partial charge in [-0.05, 0) is 19.1 Å². The predicted octanol–water partition coefficient (Wildman–Crippen LogP) is 2.81. The molecule has 19 heavy (non-hydrogen) atoms. The van der Waals surface area contributed by atoms with Crippen molar-refractivity contribution >= 4 is 6.29 Å². The highest BCUT2D eigenvalue weighted by atomic mass is 19.4. The minimum Gasteiger partial charge on any atom is -0.490 e. The van der Waals surface area contributed by atoms with Crippen LogP contribution < -0.4 is 9.47 Å². The van der Waals surface area contributed by atoms with Gasteiger partial charge in [-0.1, -0.05) is 6.07 Å². The number of halogens is 3. The van der Waals surface area contributed by atoms with Crippen molar-refractivity contribution in [3.8, 4) is 11.5 Å². The van der Waals surface area contributed by atoms with Crippen molar-refractivity contribution in [2.24, 2.45) is 0 Å². The van der Waals surface area contributed by atoms with Crippen LogP contribution in [0.1, 0.15) is 17.3 Å². The molecule has 1 aromatic rings.